The maximum atomic E-state index is 11.9. The molecule has 0 aliphatic heterocycles. The van der Waals surface area contributed by atoms with E-state index in [1.807, 2.05) is 6.92 Å². The minimum atomic E-state index is -0.138. The molecule has 5 heteroatoms. The number of aliphatic hydroxyl groups excluding tert-OH is 1. The van der Waals surface area contributed by atoms with E-state index in [1.54, 1.807) is 18.2 Å². The Hall–Kier alpha value is -0.580. The summed E-state index contributed by atoms with van der Waals surface area (Å²) in [4.78, 5) is 11.9. The molecule has 0 aliphatic carbocycles. The average molecular weight is 335 g/mol. The van der Waals surface area contributed by atoms with Crippen LogP contribution >= 0.6 is 27.5 Å². The van der Waals surface area contributed by atoms with Gasteiger partial charge in [-0.25, -0.2) is 0 Å². The third-order valence-electron chi connectivity index (χ3n) is 2.85. The Kier molecular flexibility index (Phi) is 6.68. The standard InChI is InChI=1S/C13H17BrClNO2/c1-2-9(5-6-17)8-16-13(18)10-3-4-11(14)12(15)7-10/h3-4,7,9,17H,2,5-6,8H2,1H3,(H,16,18). The Morgan fingerprint density at radius 3 is 2.83 bits per heavy atom. The van der Waals surface area contributed by atoms with Gasteiger partial charge in [-0.3, -0.25) is 4.79 Å². The second-order valence-electron chi connectivity index (χ2n) is 4.13. The van der Waals surface area contributed by atoms with Crippen molar-refractivity contribution in [3.8, 4) is 0 Å². The topological polar surface area (TPSA) is 49.3 Å². The van der Waals surface area contributed by atoms with Gasteiger partial charge in [-0.05, 0) is 46.5 Å². The minimum absolute atomic E-state index is 0.138. The number of halogens is 2. The second kappa shape index (κ2) is 7.77. The van der Waals surface area contributed by atoms with Crippen LogP contribution in [0.3, 0.4) is 0 Å². The second-order valence-corrected chi connectivity index (χ2v) is 5.39. The Balaban J connectivity index is 2.57. The molecule has 3 nitrogen and oxygen atoms in total. The average Bonchev–Trinajstić information content (AvgIpc) is 2.37. The van der Waals surface area contributed by atoms with Gasteiger partial charge in [0.2, 0.25) is 0 Å². The molecule has 0 heterocycles. The van der Waals surface area contributed by atoms with Gasteiger partial charge in [0.1, 0.15) is 0 Å². The predicted octanol–water partition coefficient (Wildman–Crippen LogP) is 3.24. The smallest absolute Gasteiger partial charge is 0.251 e. The summed E-state index contributed by atoms with van der Waals surface area (Å²) in [7, 11) is 0. The van der Waals surface area contributed by atoms with Crippen molar-refractivity contribution in [1.29, 1.82) is 0 Å². The molecule has 0 saturated carbocycles. The number of hydrogen-bond donors (Lipinski definition) is 2. The van der Waals surface area contributed by atoms with Gasteiger partial charge in [0.05, 0.1) is 5.02 Å². The summed E-state index contributed by atoms with van der Waals surface area (Å²) in [5, 5.41) is 12.3. The summed E-state index contributed by atoms with van der Waals surface area (Å²) in [5.41, 5.74) is 0.544. The number of aliphatic hydroxyl groups is 1. The van der Waals surface area contributed by atoms with Crippen molar-refractivity contribution in [2.75, 3.05) is 13.2 Å². The number of benzene rings is 1. The van der Waals surface area contributed by atoms with E-state index < -0.39 is 0 Å². The fourth-order valence-electron chi connectivity index (χ4n) is 1.61. The van der Waals surface area contributed by atoms with Gasteiger partial charge in [0.25, 0.3) is 5.91 Å². The van der Waals surface area contributed by atoms with Gasteiger partial charge in [-0.2, -0.15) is 0 Å². The summed E-state index contributed by atoms with van der Waals surface area (Å²) < 4.78 is 0.771. The van der Waals surface area contributed by atoms with Crippen LogP contribution in [0.4, 0.5) is 0 Å². The van der Waals surface area contributed by atoms with Crippen LogP contribution in [0.5, 0.6) is 0 Å². The highest BCUT2D eigenvalue weighted by Crippen LogP contribution is 2.23. The van der Waals surface area contributed by atoms with Crippen LogP contribution < -0.4 is 5.32 Å². The quantitative estimate of drug-likeness (QED) is 0.839. The molecule has 0 fully saturated rings. The third kappa shape index (κ3) is 4.59. The molecule has 100 valence electrons. The van der Waals surface area contributed by atoms with E-state index in [0.717, 1.165) is 10.9 Å². The molecule has 0 radical (unpaired) electrons. The van der Waals surface area contributed by atoms with Crippen molar-refractivity contribution in [2.24, 2.45) is 5.92 Å². The Morgan fingerprint density at radius 1 is 1.56 bits per heavy atom. The van der Waals surface area contributed by atoms with E-state index in [-0.39, 0.29) is 12.5 Å². The third-order valence-corrected chi connectivity index (χ3v) is 4.08. The van der Waals surface area contributed by atoms with Gasteiger partial charge in [-0.1, -0.05) is 24.9 Å². The molecule has 1 amide bonds. The van der Waals surface area contributed by atoms with Crippen LogP contribution in [0.25, 0.3) is 0 Å². The van der Waals surface area contributed by atoms with Crippen molar-refractivity contribution >= 4 is 33.4 Å². The van der Waals surface area contributed by atoms with Crippen LogP contribution in [0.15, 0.2) is 22.7 Å². The summed E-state index contributed by atoms with van der Waals surface area (Å²) >= 11 is 9.22. The molecule has 1 aromatic rings. The predicted molar refractivity (Wildman–Crippen MR) is 77.0 cm³/mol. The number of nitrogens with one attached hydrogen (secondary N) is 1. The van der Waals surface area contributed by atoms with Crippen molar-refractivity contribution in [2.45, 2.75) is 19.8 Å². The fraction of sp³-hybridized carbons (Fsp3) is 0.462. The molecule has 0 saturated heterocycles. The first-order chi connectivity index (χ1) is 8.58. The fourth-order valence-corrected chi connectivity index (χ4v) is 2.04. The summed E-state index contributed by atoms with van der Waals surface area (Å²) in [6.07, 6.45) is 1.64. The highest BCUT2D eigenvalue weighted by molar-refractivity contribution is 9.10. The Bertz CT molecular complexity index is 412. The first kappa shape index (κ1) is 15.5. The Labute approximate surface area is 121 Å². The Morgan fingerprint density at radius 2 is 2.28 bits per heavy atom. The van der Waals surface area contributed by atoms with E-state index in [9.17, 15) is 4.79 Å². The van der Waals surface area contributed by atoms with E-state index in [1.165, 1.54) is 0 Å². The number of rotatable bonds is 6. The van der Waals surface area contributed by atoms with Crippen molar-refractivity contribution in [1.82, 2.24) is 5.32 Å². The molecule has 18 heavy (non-hydrogen) atoms. The molecule has 0 aliphatic rings. The molecule has 1 unspecified atom stereocenters. The molecule has 0 aromatic heterocycles. The minimum Gasteiger partial charge on any atom is -0.396 e. The van der Waals surface area contributed by atoms with Crippen LogP contribution in [0, 0.1) is 5.92 Å². The lowest BCUT2D eigenvalue weighted by Crippen LogP contribution is -2.29. The summed E-state index contributed by atoms with van der Waals surface area (Å²) in [6, 6.07) is 5.11. The molecule has 1 rings (SSSR count). The zero-order valence-electron chi connectivity index (χ0n) is 10.2. The molecular formula is C13H17BrClNO2. The maximum absolute atomic E-state index is 11.9. The van der Waals surface area contributed by atoms with Gasteiger partial charge in [-0.15, -0.1) is 0 Å². The van der Waals surface area contributed by atoms with Gasteiger partial charge < -0.3 is 10.4 Å². The van der Waals surface area contributed by atoms with Crippen molar-refractivity contribution in [3.05, 3.63) is 33.3 Å². The molecule has 0 spiro atoms. The van der Waals surface area contributed by atoms with Gasteiger partial charge in [0.15, 0.2) is 0 Å². The largest absolute Gasteiger partial charge is 0.396 e. The zero-order chi connectivity index (χ0) is 13.5. The highest BCUT2D eigenvalue weighted by Gasteiger charge is 2.10. The van der Waals surface area contributed by atoms with E-state index >= 15 is 0 Å². The number of hydrogen-bond acceptors (Lipinski definition) is 2. The van der Waals surface area contributed by atoms with Crippen LogP contribution in [0.1, 0.15) is 30.1 Å². The molecular weight excluding hydrogens is 318 g/mol. The molecule has 1 aromatic carbocycles. The number of carbonyl (C=O) groups excluding carboxylic acids is 1. The summed E-state index contributed by atoms with van der Waals surface area (Å²) in [5.74, 6) is 0.172. The normalized spacial score (nSPS) is 12.2. The van der Waals surface area contributed by atoms with Crippen LogP contribution in [-0.2, 0) is 0 Å². The lowest BCUT2D eigenvalue weighted by Gasteiger charge is -2.14. The van der Waals surface area contributed by atoms with Crippen molar-refractivity contribution < 1.29 is 9.90 Å². The van der Waals surface area contributed by atoms with Gasteiger partial charge in [0, 0.05) is 23.2 Å². The monoisotopic (exact) mass is 333 g/mol. The first-order valence-electron chi connectivity index (χ1n) is 5.92. The number of amides is 1. The van der Waals surface area contributed by atoms with Gasteiger partial charge >= 0.3 is 0 Å². The number of carbonyl (C=O) groups is 1. The highest BCUT2D eigenvalue weighted by atomic mass is 79.9. The van der Waals surface area contributed by atoms with E-state index in [0.29, 0.717) is 29.5 Å². The van der Waals surface area contributed by atoms with Crippen LogP contribution in [0.2, 0.25) is 5.02 Å². The lowest BCUT2D eigenvalue weighted by molar-refractivity contribution is 0.0943. The zero-order valence-corrected chi connectivity index (χ0v) is 12.6. The van der Waals surface area contributed by atoms with E-state index in [4.69, 9.17) is 16.7 Å². The summed E-state index contributed by atoms with van der Waals surface area (Å²) in [6.45, 7) is 2.77. The molecule has 0 bridgehead atoms. The lowest BCUT2D eigenvalue weighted by atomic mass is 10.0. The van der Waals surface area contributed by atoms with Crippen LogP contribution in [-0.4, -0.2) is 24.2 Å². The maximum Gasteiger partial charge on any atom is 0.251 e. The van der Waals surface area contributed by atoms with E-state index in [2.05, 4.69) is 21.2 Å². The van der Waals surface area contributed by atoms with Crippen molar-refractivity contribution in [3.63, 3.8) is 0 Å². The molecule has 2 N–H and O–H groups in total. The SMILES string of the molecule is CCC(CCO)CNC(=O)c1ccc(Br)c(Cl)c1. The molecule has 1 atom stereocenters. The first-order valence-corrected chi connectivity index (χ1v) is 7.09.